The Hall–Kier alpha value is -2.63. The number of aromatic nitrogens is 4. The van der Waals surface area contributed by atoms with Crippen LogP contribution < -0.4 is 4.90 Å². The first-order valence-electron chi connectivity index (χ1n) is 8.32. The number of aryl methyl sites for hydroxylation is 1. The second-order valence-electron chi connectivity index (χ2n) is 6.63. The molecule has 1 unspecified atom stereocenters. The molecule has 1 saturated heterocycles. The Kier molecular flexibility index (Phi) is 3.59. The lowest BCUT2D eigenvalue weighted by Gasteiger charge is -2.22. The van der Waals surface area contributed by atoms with Crippen LogP contribution in [0.15, 0.2) is 30.6 Å². The zero-order valence-corrected chi connectivity index (χ0v) is 14.0. The minimum absolute atomic E-state index is 0.341. The van der Waals surface area contributed by atoms with Gasteiger partial charge in [0.15, 0.2) is 0 Å². The topological polar surface area (TPSA) is 66.5 Å². The average Bonchev–Trinajstić information content (AvgIpc) is 3.18. The van der Waals surface area contributed by atoms with E-state index in [1.807, 2.05) is 19.1 Å². The van der Waals surface area contributed by atoms with Gasteiger partial charge in [0, 0.05) is 13.1 Å². The van der Waals surface area contributed by atoms with Crippen LogP contribution in [0.1, 0.15) is 23.2 Å². The number of anilines is 1. The van der Waals surface area contributed by atoms with Crippen LogP contribution in [0.2, 0.25) is 0 Å². The molecule has 1 fully saturated rings. The van der Waals surface area contributed by atoms with Crippen LogP contribution in [-0.2, 0) is 6.42 Å². The van der Waals surface area contributed by atoms with Gasteiger partial charge in [0.1, 0.15) is 12.1 Å². The number of hydrogen-bond acceptors (Lipinski definition) is 5. The predicted molar refractivity (Wildman–Crippen MR) is 92.4 cm³/mol. The van der Waals surface area contributed by atoms with Gasteiger partial charge in [-0.05, 0) is 55.9 Å². The quantitative estimate of drug-likeness (QED) is 0.802. The molecule has 1 N–H and O–H groups in total. The first kappa shape index (κ1) is 14.9. The summed E-state index contributed by atoms with van der Waals surface area (Å²) >= 11 is 0. The summed E-state index contributed by atoms with van der Waals surface area (Å²) in [5, 5.41) is 22.4. The Morgan fingerprint density at radius 3 is 3.00 bits per heavy atom. The van der Waals surface area contributed by atoms with E-state index >= 15 is 0 Å². The molecule has 6 nitrogen and oxygen atoms in total. The molecule has 0 spiro atoms. The van der Waals surface area contributed by atoms with E-state index in [4.69, 9.17) is 0 Å². The van der Waals surface area contributed by atoms with Crippen molar-refractivity contribution in [1.29, 1.82) is 0 Å². The standard InChI is InChI=1S/C18H21N5O/c1-12-13(2)21-23-11-19-20-18(23)17(12)22-7-6-15(10-22)8-14-4-3-5-16(24)9-14/h3-5,9,11,15,24H,6-8,10H2,1-2H3. The molecule has 1 aliphatic heterocycles. The third kappa shape index (κ3) is 2.58. The third-order valence-corrected chi connectivity index (χ3v) is 4.93. The number of hydrogen-bond donors (Lipinski definition) is 1. The monoisotopic (exact) mass is 323 g/mol. The van der Waals surface area contributed by atoms with Crippen molar-refractivity contribution in [1.82, 2.24) is 19.8 Å². The first-order chi connectivity index (χ1) is 11.6. The van der Waals surface area contributed by atoms with Crippen molar-refractivity contribution in [3.05, 3.63) is 47.4 Å². The van der Waals surface area contributed by atoms with E-state index in [-0.39, 0.29) is 0 Å². The molecule has 3 aromatic rings. The molecule has 1 atom stereocenters. The van der Waals surface area contributed by atoms with E-state index in [1.165, 1.54) is 11.1 Å². The number of benzene rings is 1. The van der Waals surface area contributed by atoms with Gasteiger partial charge in [-0.3, -0.25) is 0 Å². The Morgan fingerprint density at radius 1 is 1.29 bits per heavy atom. The SMILES string of the molecule is Cc1nn2cnnc2c(N2CCC(Cc3cccc(O)c3)C2)c1C. The maximum atomic E-state index is 9.64. The Labute approximate surface area is 140 Å². The molecule has 24 heavy (non-hydrogen) atoms. The van der Waals surface area contributed by atoms with Crippen LogP contribution >= 0.6 is 0 Å². The maximum Gasteiger partial charge on any atom is 0.201 e. The van der Waals surface area contributed by atoms with Gasteiger partial charge in [-0.15, -0.1) is 10.2 Å². The van der Waals surface area contributed by atoms with Crippen LogP contribution in [0.25, 0.3) is 5.65 Å². The van der Waals surface area contributed by atoms with Gasteiger partial charge in [0.2, 0.25) is 5.65 Å². The molecule has 1 aliphatic rings. The van der Waals surface area contributed by atoms with E-state index in [9.17, 15) is 5.11 Å². The fraction of sp³-hybridized carbons (Fsp3) is 0.389. The summed E-state index contributed by atoms with van der Waals surface area (Å²) < 4.78 is 1.76. The number of nitrogens with zero attached hydrogens (tertiary/aromatic N) is 5. The van der Waals surface area contributed by atoms with Gasteiger partial charge in [0.05, 0.1) is 11.4 Å². The molecule has 0 amide bonds. The normalized spacial score (nSPS) is 17.8. The summed E-state index contributed by atoms with van der Waals surface area (Å²) in [4.78, 5) is 2.40. The predicted octanol–water partition coefficient (Wildman–Crippen LogP) is 2.52. The molecule has 0 bridgehead atoms. The molecule has 4 rings (SSSR count). The molecule has 0 aliphatic carbocycles. The largest absolute Gasteiger partial charge is 0.508 e. The van der Waals surface area contributed by atoms with Gasteiger partial charge in [-0.2, -0.15) is 9.61 Å². The number of phenols is 1. The highest BCUT2D eigenvalue weighted by Crippen LogP contribution is 2.32. The Morgan fingerprint density at radius 2 is 2.17 bits per heavy atom. The summed E-state index contributed by atoms with van der Waals surface area (Å²) in [6.07, 6.45) is 3.78. The number of fused-ring (bicyclic) bond motifs is 1. The van der Waals surface area contributed by atoms with Gasteiger partial charge < -0.3 is 10.0 Å². The highest BCUT2D eigenvalue weighted by atomic mass is 16.3. The molecule has 1 aromatic carbocycles. The number of aromatic hydroxyl groups is 1. The molecule has 3 heterocycles. The zero-order valence-electron chi connectivity index (χ0n) is 14.0. The fourth-order valence-corrected chi connectivity index (χ4v) is 3.63. The minimum atomic E-state index is 0.341. The van der Waals surface area contributed by atoms with Gasteiger partial charge in [-0.1, -0.05) is 12.1 Å². The lowest BCUT2D eigenvalue weighted by molar-refractivity contribution is 0.473. The van der Waals surface area contributed by atoms with Crippen LogP contribution in [0.5, 0.6) is 5.75 Å². The van der Waals surface area contributed by atoms with Crippen molar-refractivity contribution in [2.75, 3.05) is 18.0 Å². The summed E-state index contributed by atoms with van der Waals surface area (Å²) in [7, 11) is 0. The van der Waals surface area contributed by atoms with E-state index in [0.29, 0.717) is 11.7 Å². The average molecular weight is 323 g/mol. The van der Waals surface area contributed by atoms with Gasteiger partial charge >= 0.3 is 0 Å². The van der Waals surface area contributed by atoms with Crippen LogP contribution in [0.3, 0.4) is 0 Å². The minimum Gasteiger partial charge on any atom is -0.508 e. The van der Waals surface area contributed by atoms with E-state index in [2.05, 4.69) is 33.2 Å². The van der Waals surface area contributed by atoms with Gasteiger partial charge in [0.25, 0.3) is 0 Å². The summed E-state index contributed by atoms with van der Waals surface area (Å²) in [6.45, 7) is 6.13. The highest BCUT2D eigenvalue weighted by molar-refractivity contribution is 5.73. The second-order valence-corrected chi connectivity index (χ2v) is 6.63. The van der Waals surface area contributed by atoms with Crippen LogP contribution in [-0.4, -0.2) is 38.0 Å². The van der Waals surface area contributed by atoms with Crippen molar-refractivity contribution in [3.63, 3.8) is 0 Å². The Balaban J connectivity index is 1.59. The Bertz CT molecular complexity index is 888. The van der Waals surface area contributed by atoms with Crippen molar-refractivity contribution < 1.29 is 5.11 Å². The van der Waals surface area contributed by atoms with Crippen LogP contribution in [0, 0.1) is 19.8 Å². The molecule has 0 saturated carbocycles. The smallest absolute Gasteiger partial charge is 0.201 e. The first-order valence-corrected chi connectivity index (χ1v) is 8.32. The lowest BCUT2D eigenvalue weighted by atomic mass is 9.98. The highest BCUT2D eigenvalue weighted by Gasteiger charge is 2.27. The number of phenolic OH excluding ortho intramolecular Hbond substituents is 1. The molecule has 2 aromatic heterocycles. The molecule has 0 radical (unpaired) electrons. The summed E-state index contributed by atoms with van der Waals surface area (Å²) in [5.41, 5.74) is 5.36. The van der Waals surface area contributed by atoms with E-state index < -0.39 is 0 Å². The zero-order chi connectivity index (χ0) is 16.7. The van der Waals surface area contributed by atoms with Crippen molar-refractivity contribution in [3.8, 4) is 5.75 Å². The summed E-state index contributed by atoms with van der Waals surface area (Å²) in [6, 6.07) is 7.57. The third-order valence-electron chi connectivity index (χ3n) is 4.93. The van der Waals surface area contributed by atoms with Crippen molar-refractivity contribution in [2.45, 2.75) is 26.7 Å². The molecule has 6 heteroatoms. The molecular weight excluding hydrogens is 302 g/mol. The van der Waals surface area contributed by atoms with E-state index in [0.717, 1.165) is 43.0 Å². The van der Waals surface area contributed by atoms with E-state index in [1.54, 1.807) is 16.9 Å². The van der Waals surface area contributed by atoms with Crippen LogP contribution in [0.4, 0.5) is 5.69 Å². The van der Waals surface area contributed by atoms with Crippen molar-refractivity contribution >= 4 is 11.3 Å². The second kappa shape index (κ2) is 5.78. The maximum absolute atomic E-state index is 9.64. The van der Waals surface area contributed by atoms with Gasteiger partial charge in [-0.25, -0.2) is 0 Å². The molecular formula is C18H21N5O. The van der Waals surface area contributed by atoms with Crippen molar-refractivity contribution in [2.24, 2.45) is 5.92 Å². The lowest BCUT2D eigenvalue weighted by Crippen LogP contribution is -2.23. The fourth-order valence-electron chi connectivity index (χ4n) is 3.63. The summed E-state index contributed by atoms with van der Waals surface area (Å²) in [5.74, 6) is 0.913. The molecule has 124 valence electrons. The number of rotatable bonds is 3.